The van der Waals surface area contributed by atoms with Crippen molar-refractivity contribution in [3.63, 3.8) is 0 Å². The van der Waals surface area contributed by atoms with E-state index in [9.17, 15) is 0 Å². The van der Waals surface area contributed by atoms with E-state index in [0.717, 1.165) is 6.42 Å². The first kappa shape index (κ1) is 8.78. The van der Waals surface area contributed by atoms with Gasteiger partial charge in [-0.3, -0.25) is 0 Å². The van der Waals surface area contributed by atoms with Gasteiger partial charge in [0, 0.05) is 3.58 Å². The molecular formula is C10H11I. The highest BCUT2D eigenvalue weighted by atomic mass is 127. The average Bonchev–Trinajstić information content (AvgIpc) is 2.07. The average molecular weight is 258 g/mol. The largest absolute Gasteiger partial charge is 0.0708 e. The molecule has 11 heavy (non-hydrogen) atoms. The Balaban J connectivity index is 2.85. The summed E-state index contributed by atoms with van der Waals surface area (Å²) in [5.41, 5.74) is 1.31. The van der Waals surface area contributed by atoms with Crippen molar-refractivity contribution in [1.82, 2.24) is 0 Å². The second kappa shape index (κ2) is 4.54. The van der Waals surface area contributed by atoms with Gasteiger partial charge in [-0.05, 0) is 34.6 Å². The number of hydrogen-bond donors (Lipinski definition) is 0. The molecular weight excluding hydrogens is 247 g/mol. The molecule has 0 spiro atoms. The van der Waals surface area contributed by atoms with Gasteiger partial charge >= 0.3 is 0 Å². The quantitative estimate of drug-likeness (QED) is 0.706. The third-order valence-electron chi connectivity index (χ3n) is 1.43. The Morgan fingerprint density at radius 3 is 2.55 bits per heavy atom. The lowest BCUT2D eigenvalue weighted by Crippen LogP contribution is -1.73. The van der Waals surface area contributed by atoms with Gasteiger partial charge in [-0.2, -0.15) is 0 Å². The van der Waals surface area contributed by atoms with Gasteiger partial charge in [-0.25, -0.2) is 0 Å². The molecule has 0 amide bonds. The molecule has 0 N–H and O–H groups in total. The summed E-state index contributed by atoms with van der Waals surface area (Å²) in [6.45, 7) is 2.15. The number of rotatable bonds is 2. The van der Waals surface area contributed by atoms with Crippen LogP contribution in [-0.4, -0.2) is 0 Å². The van der Waals surface area contributed by atoms with E-state index in [-0.39, 0.29) is 0 Å². The van der Waals surface area contributed by atoms with Gasteiger partial charge in [0.1, 0.15) is 0 Å². The van der Waals surface area contributed by atoms with E-state index >= 15 is 0 Å². The normalized spacial score (nSPS) is 11.6. The van der Waals surface area contributed by atoms with Crippen LogP contribution < -0.4 is 0 Å². The number of allylic oxidation sites excluding steroid dienone is 1. The molecule has 0 fully saturated rings. The fourth-order valence-electron chi connectivity index (χ4n) is 0.894. The summed E-state index contributed by atoms with van der Waals surface area (Å²) >= 11 is 2.37. The van der Waals surface area contributed by atoms with Crippen LogP contribution in [0.4, 0.5) is 0 Å². The zero-order valence-corrected chi connectivity index (χ0v) is 8.71. The minimum absolute atomic E-state index is 1.10. The van der Waals surface area contributed by atoms with Crippen molar-refractivity contribution in [3.8, 4) is 0 Å². The topological polar surface area (TPSA) is 0 Å². The van der Waals surface area contributed by atoms with E-state index in [1.807, 2.05) is 6.07 Å². The van der Waals surface area contributed by atoms with E-state index in [1.165, 1.54) is 9.14 Å². The summed E-state index contributed by atoms with van der Waals surface area (Å²) in [6.07, 6.45) is 3.34. The van der Waals surface area contributed by atoms with Crippen LogP contribution in [0.3, 0.4) is 0 Å². The highest BCUT2D eigenvalue weighted by Crippen LogP contribution is 2.21. The Morgan fingerprint density at radius 1 is 1.36 bits per heavy atom. The van der Waals surface area contributed by atoms with Crippen molar-refractivity contribution in [2.45, 2.75) is 13.3 Å². The molecule has 0 saturated carbocycles. The maximum atomic E-state index is 2.37. The van der Waals surface area contributed by atoms with Crippen LogP contribution >= 0.6 is 22.6 Å². The predicted octanol–water partition coefficient (Wildman–Crippen LogP) is 3.87. The van der Waals surface area contributed by atoms with Crippen LogP contribution in [0.15, 0.2) is 36.4 Å². The van der Waals surface area contributed by atoms with E-state index in [2.05, 4.69) is 59.9 Å². The maximum Gasteiger partial charge on any atom is 0.0162 e. The molecule has 0 saturated heterocycles. The Bertz CT molecular complexity index is 236. The van der Waals surface area contributed by atoms with E-state index < -0.39 is 0 Å². The van der Waals surface area contributed by atoms with E-state index in [4.69, 9.17) is 0 Å². The third-order valence-corrected chi connectivity index (χ3v) is 2.50. The summed E-state index contributed by atoms with van der Waals surface area (Å²) in [7, 11) is 0. The summed E-state index contributed by atoms with van der Waals surface area (Å²) in [5.74, 6) is 0. The molecule has 0 bridgehead atoms. The number of halogens is 1. The molecule has 1 aromatic carbocycles. The summed E-state index contributed by atoms with van der Waals surface area (Å²) in [4.78, 5) is 0. The highest BCUT2D eigenvalue weighted by molar-refractivity contribution is 14.1. The second-order valence-electron chi connectivity index (χ2n) is 2.33. The fourth-order valence-corrected chi connectivity index (χ4v) is 1.69. The zero-order chi connectivity index (χ0) is 8.10. The SMILES string of the molecule is CCC=C(I)c1ccccc1. The molecule has 58 valence electrons. The van der Waals surface area contributed by atoms with Gasteiger partial charge < -0.3 is 0 Å². The lowest BCUT2D eigenvalue weighted by Gasteiger charge is -1.96. The minimum atomic E-state index is 1.10. The van der Waals surface area contributed by atoms with Crippen LogP contribution in [-0.2, 0) is 0 Å². The van der Waals surface area contributed by atoms with Crippen molar-refractivity contribution in [1.29, 1.82) is 0 Å². The lowest BCUT2D eigenvalue weighted by atomic mass is 10.2. The summed E-state index contributed by atoms with van der Waals surface area (Å²) in [5, 5.41) is 0. The molecule has 0 aliphatic heterocycles. The zero-order valence-electron chi connectivity index (χ0n) is 6.55. The molecule has 0 unspecified atom stereocenters. The Morgan fingerprint density at radius 2 is 2.00 bits per heavy atom. The van der Waals surface area contributed by atoms with Gasteiger partial charge in [-0.1, -0.05) is 43.3 Å². The third kappa shape index (κ3) is 2.66. The summed E-state index contributed by atoms with van der Waals surface area (Å²) in [6, 6.07) is 10.4. The molecule has 0 aliphatic rings. The number of hydrogen-bond acceptors (Lipinski definition) is 0. The highest BCUT2D eigenvalue weighted by Gasteiger charge is 1.92. The molecule has 1 aromatic rings. The van der Waals surface area contributed by atoms with Crippen LogP contribution in [0.2, 0.25) is 0 Å². The predicted molar refractivity (Wildman–Crippen MR) is 58.7 cm³/mol. The van der Waals surface area contributed by atoms with Crippen molar-refractivity contribution in [2.24, 2.45) is 0 Å². The molecule has 1 rings (SSSR count). The Kier molecular flexibility index (Phi) is 3.63. The molecule has 0 heterocycles. The van der Waals surface area contributed by atoms with Gasteiger partial charge in [0.05, 0.1) is 0 Å². The Labute approximate surface area is 81.5 Å². The summed E-state index contributed by atoms with van der Waals surface area (Å²) < 4.78 is 1.34. The standard InChI is InChI=1S/C10H11I/c1-2-6-10(11)9-7-4-3-5-8-9/h3-8H,2H2,1H3. The maximum absolute atomic E-state index is 2.37. The van der Waals surface area contributed by atoms with E-state index in [0.29, 0.717) is 0 Å². The molecule has 1 heteroatoms. The molecule has 0 radical (unpaired) electrons. The number of benzene rings is 1. The Hall–Kier alpha value is -0.310. The van der Waals surface area contributed by atoms with Gasteiger partial charge in [0.15, 0.2) is 0 Å². The van der Waals surface area contributed by atoms with Crippen molar-refractivity contribution < 1.29 is 0 Å². The van der Waals surface area contributed by atoms with Crippen LogP contribution in [0.1, 0.15) is 18.9 Å². The smallest absolute Gasteiger partial charge is 0.0162 e. The minimum Gasteiger partial charge on any atom is -0.0708 e. The first-order valence-corrected chi connectivity index (χ1v) is 4.83. The monoisotopic (exact) mass is 258 g/mol. The van der Waals surface area contributed by atoms with Crippen LogP contribution in [0.25, 0.3) is 3.58 Å². The molecule has 0 aliphatic carbocycles. The van der Waals surface area contributed by atoms with Gasteiger partial charge in [0.2, 0.25) is 0 Å². The van der Waals surface area contributed by atoms with Crippen LogP contribution in [0, 0.1) is 0 Å². The first-order valence-electron chi connectivity index (χ1n) is 3.75. The molecule has 0 aromatic heterocycles. The first-order chi connectivity index (χ1) is 5.34. The van der Waals surface area contributed by atoms with E-state index in [1.54, 1.807) is 0 Å². The van der Waals surface area contributed by atoms with Crippen LogP contribution in [0.5, 0.6) is 0 Å². The van der Waals surface area contributed by atoms with Gasteiger partial charge in [-0.15, -0.1) is 0 Å². The second-order valence-corrected chi connectivity index (χ2v) is 3.49. The van der Waals surface area contributed by atoms with Gasteiger partial charge in [0.25, 0.3) is 0 Å². The van der Waals surface area contributed by atoms with Crippen molar-refractivity contribution in [2.75, 3.05) is 0 Å². The molecule has 0 atom stereocenters. The van der Waals surface area contributed by atoms with Crippen molar-refractivity contribution >= 4 is 26.2 Å². The lowest BCUT2D eigenvalue weighted by molar-refractivity contribution is 1.23. The fraction of sp³-hybridized carbons (Fsp3) is 0.200. The molecule has 0 nitrogen and oxygen atoms in total. The van der Waals surface area contributed by atoms with Crippen molar-refractivity contribution in [3.05, 3.63) is 42.0 Å².